The van der Waals surface area contributed by atoms with Gasteiger partial charge in [-0.15, -0.1) is 0 Å². The van der Waals surface area contributed by atoms with E-state index in [0.717, 1.165) is 0 Å². The van der Waals surface area contributed by atoms with E-state index in [1.54, 1.807) is 0 Å². The highest BCUT2D eigenvalue weighted by atomic mass is 16.6. The van der Waals surface area contributed by atoms with Crippen molar-refractivity contribution in [1.82, 2.24) is 4.98 Å². The summed E-state index contributed by atoms with van der Waals surface area (Å²) in [6.07, 6.45) is 2.67. The molecule has 15 heavy (non-hydrogen) atoms. The summed E-state index contributed by atoms with van der Waals surface area (Å²) in [5, 5.41) is 10.6. The van der Waals surface area contributed by atoms with Crippen LogP contribution in [-0.2, 0) is 0 Å². The van der Waals surface area contributed by atoms with Crippen LogP contribution in [0.5, 0.6) is 5.75 Å². The van der Waals surface area contributed by atoms with Gasteiger partial charge in [-0.2, -0.15) is 0 Å². The third kappa shape index (κ3) is 3.53. The second-order valence-electron chi connectivity index (χ2n) is 4.45. The van der Waals surface area contributed by atoms with Crippen LogP contribution in [0.25, 0.3) is 0 Å². The Morgan fingerprint density at radius 3 is 2.73 bits per heavy atom. The van der Waals surface area contributed by atoms with E-state index in [-0.39, 0.29) is 16.9 Å². The van der Waals surface area contributed by atoms with Crippen molar-refractivity contribution in [1.29, 1.82) is 0 Å². The molecule has 0 aliphatic rings. The van der Waals surface area contributed by atoms with E-state index < -0.39 is 4.92 Å². The molecule has 0 atom stereocenters. The maximum absolute atomic E-state index is 10.6. The van der Waals surface area contributed by atoms with E-state index in [4.69, 9.17) is 4.74 Å². The van der Waals surface area contributed by atoms with Gasteiger partial charge in [0.05, 0.1) is 11.5 Å². The van der Waals surface area contributed by atoms with Crippen molar-refractivity contribution >= 4 is 5.69 Å². The zero-order chi connectivity index (χ0) is 11.5. The summed E-state index contributed by atoms with van der Waals surface area (Å²) < 4.78 is 5.38. The average molecular weight is 210 g/mol. The normalized spacial score (nSPS) is 11.1. The zero-order valence-electron chi connectivity index (χ0n) is 9.06. The molecule has 5 heteroatoms. The predicted octanol–water partition coefficient (Wildman–Crippen LogP) is 2.41. The second-order valence-corrected chi connectivity index (χ2v) is 4.45. The molecule has 0 bridgehead atoms. The fraction of sp³-hybridized carbons (Fsp3) is 0.500. The fourth-order valence-corrected chi connectivity index (χ4v) is 0.927. The van der Waals surface area contributed by atoms with Gasteiger partial charge in [-0.3, -0.25) is 15.1 Å². The Morgan fingerprint density at radius 2 is 2.20 bits per heavy atom. The largest absolute Gasteiger partial charge is 0.486 e. The third-order valence-corrected chi connectivity index (χ3v) is 1.62. The van der Waals surface area contributed by atoms with Crippen LogP contribution in [0.3, 0.4) is 0 Å². The van der Waals surface area contributed by atoms with Gasteiger partial charge in [-0.1, -0.05) is 20.8 Å². The topological polar surface area (TPSA) is 65.3 Å². The molecule has 1 rings (SSSR count). The first-order valence-electron chi connectivity index (χ1n) is 4.61. The van der Waals surface area contributed by atoms with Crippen LogP contribution in [0.2, 0.25) is 0 Å². The lowest BCUT2D eigenvalue weighted by Gasteiger charge is -2.18. The maximum Gasteiger partial charge on any atom is 0.329 e. The summed E-state index contributed by atoms with van der Waals surface area (Å²) in [6, 6.07) is 1.50. The van der Waals surface area contributed by atoms with Gasteiger partial charge in [-0.05, 0) is 5.41 Å². The molecule has 5 nitrogen and oxygen atoms in total. The molecule has 0 aliphatic heterocycles. The maximum atomic E-state index is 10.6. The van der Waals surface area contributed by atoms with E-state index >= 15 is 0 Å². The van der Waals surface area contributed by atoms with Crippen molar-refractivity contribution in [2.45, 2.75) is 20.8 Å². The second kappa shape index (κ2) is 4.25. The van der Waals surface area contributed by atoms with Crippen molar-refractivity contribution in [3.63, 3.8) is 0 Å². The first-order chi connectivity index (χ1) is 6.90. The summed E-state index contributed by atoms with van der Waals surface area (Å²) in [4.78, 5) is 13.8. The Kier molecular flexibility index (Phi) is 3.24. The van der Waals surface area contributed by atoms with Crippen LogP contribution in [0.1, 0.15) is 20.8 Å². The number of nitro groups is 1. The molecule has 0 aromatic carbocycles. The van der Waals surface area contributed by atoms with Gasteiger partial charge < -0.3 is 4.74 Å². The Morgan fingerprint density at radius 1 is 1.53 bits per heavy atom. The monoisotopic (exact) mass is 210 g/mol. The van der Waals surface area contributed by atoms with Gasteiger partial charge >= 0.3 is 5.69 Å². The van der Waals surface area contributed by atoms with Crippen molar-refractivity contribution in [3.05, 3.63) is 28.6 Å². The Balaban J connectivity index is 2.81. The standard InChI is InChI=1S/C10H14N2O3/c1-10(2,3)7-15-9-4-5-11-6-8(9)12(13)14/h4-6H,7H2,1-3H3. The van der Waals surface area contributed by atoms with Gasteiger partial charge in [0, 0.05) is 12.3 Å². The first-order valence-corrected chi connectivity index (χ1v) is 4.61. The minimum absolute atomic E-state index is 0.0306. The quantitative estimate of drug-likeness (QED) is 0.567. The van der Waals surface area contributed by atoms with E-state index in [2.05, 4.69) is 4.98 Å². The molecule has 1 aromatic heterocycles. The minimum Gasteiger partial charge on any atom is -0.486 e. The summed E-state index contributed by atoms with van der Waals surface area (Å²) in [6.45, 7) is 6.43. The fourth-order valence-electron chi connectivity index (χ4n) is 0.927. The molecular formula is C10H14N2O3. The number of hydrogen-bond acceptors (Lipinski definition) is 4. The predicted molar refractivity (Wildman–Crippen MR) is 55.8 cm³/mol. The van der Waals surface area contributed by atoms with Crippen LogP contribution in [0.4, 0.5) is 5.69 Å². The third-order valence-electron chi connectivity index (χ3n) is 1.62. The van der Waals surface area contributed by atoms with Crippen LogP contribution in [0, 0.1) is 15.5 Å². The number of nitrogens with zero attached hydrogens (tertiary/aromatic N) is 2. The van der Waals surface area contributed by atoms with Crippen molar-refractivity contribution in [3.8, 4) is 5.75 Å². The SMILES string of the molecule is CC(C)(C)COc1ccncc1[N+](=O)[O-]. The molecule has 0 saturated heterocycles. The molecule has 0 unspecified atom stereocenters. The van der Waals surface area contributed by atoms with E-state index in [1.807, 2.05) is 20.8 Å². The highest BCUT2D eigenvalue weighted by Crippen LogP contribution is 2.26. The molecule has 0 aliphatic carbocycles. The first kappa shape index (κ1) is 11.4. The number of rotatable bonds is 3. The highest BCUT2D eigenvalue weighted by molar-refractivity contribution is 5.42. The van der Waals surface area contributed by atoms with Gasteiger partial charge in [0.25, 0.3) is 0 Å². The molecule has 0 saturated carbocycles. The molecule has 0 fully saturated rings. The van der Waals surface area contributed by atoms with Gasteiger partial charge in [0.15, 0.2) is 5.75 Å². The molecular weight excluding hydrogens is 196 g/mol. The van der Waals surface area contributed by atoms with E-state index in [1.165, 1.54) is 18.5 Å². The summed E-state index contributed by atoms with van der Waals surface area (Å²) in [7, 11) is 0. The van der Waals surface area contributed by atoms with Crippen LogP contribution >= 0.6 is 0 Å². The smallest absolute Gasteiger partial charge is 0.329 e. The Labute approximate surface area is 88.2 Å². The van der Waals surface area contributed by atoms with Crippen molar-refractivity contribution in [2.24, 2.45) is 5.41 Å². The lowest BCUT2D eigenvalue weighted by atomic mass is 9.99. The van der Waals surface area contributed by atoms with Crippen LogP contribution < -0.4 is 4.74 Å². The van der Waals surface area contributed by atoms with Crippen LogP contribution in [0.15, 0.2) is 18.5 Å². The van der Waals surface area contributed by atoms with E-state index in [0.29, 0.717) is 6.61 Å². The van der Waals surface area contributed by atoms with Gasteiger partial charge in [0.1, 0.15) is 6.20 Å². The molecule has 1 heterocycles. The Bertz CT molecular complexity index is 358. The number of ether oxygens (including phenoxy) is 1. The Hall–Kier alpha value is -1.65. The molecule has 0 spiro atoms. The average Bonchev–Trinajstić information content (AvgIpc) is 2.14. The number of pyridine rings is 1. The van der Waals surface area contributed by atoms with Crippen molar-refractivity contribution in [2.75, 3.05) is 6.61 Å². The molecule has 1 aromatic rings. The lowest BCUT2D eigenvalue weighted by Crippen LogP contribution is -2.17. The summed E-state index contributed by atoms with van der Waals surface area (Å²) >= 11 is 0. The highest BCUT2D eigenvalue weighted by Gasteiger charge is 2.17. The number of aromatic nitrogens is 1. The van der Waals surface area contributed by atoms with Gasteiger partial charge in [0.2, 0.25) is 0 Å². The minimum atomic E-state index is -0.495. The number of hydrogen-bond donors (Lipinski definition) is 0. The van der Waals surface area contributed by atoms with E-state index in [9.17, 15) is 10.1 Å². The molecule has 0 N–H and O–H groups in total. The summed E-state index contributed by atoms with van der Waals surface area (Å²) in [5.74, 6) is 0.268. The van der Waals surface area contributed by atoms with Crippen LogP contribution in [-0.4, -0.2) is 16.5 Å². The molecule has 0 amide bonds. The summed E-state index contributed by atoms with van der Waals surface area (Å²) in [5.41, 5.74) is -0.126. The lowest BCUT2D eigenvalue weighted by molar-refractivity contribution is -0.386. The van der Waals surface area contributed by atoms with Crippen molar-refractivity contribution < 1.29 is 9.66 Å². The molecule has 0 radical (unpaired) electrons. The molecule has 82 valence electrons. The van der Waals surface area contributed by atoms with Gasteiger partial charge in [-0.25, -0.2) is 0 Å². The zero-order valence-corrected chi connectivity index (χ0v) is 9.06.